The zero-order chi connectivity index (χ0) is 14.3. The van der Waals surface area contributed by atoms with Crippen molar-refractivity contribution in [3.63, 3.8) is 0 Å². The number of carbonyl (C=O) groups is 3. The predicted molar refractivity (Wildman–Crippen MR) is 66.5 cm³/mol. The maximum Gasteiger partial charge on any atom is 0.316 e. The molecule has 0 fully saturated rings. The summed E-state index contributed by atoms with van der Waals surface area (Å²) in [4.78, 5) is 33.1. The molecule has 1 aromatic rings. The van der Waals surface area contributed by atoms with Crippen molar-refractivity contribution in [3.05, 3.63) is 35.9 Å². The molecule has 0 aliphatic rings. The number of aliphatic carboxylic acids is 2. The lowest BCUT2D eigenvalue weighted by Crippen LogP contribution is -2.37. The molecule has 0 bridgehead atoms. The average Bonchev–Trinajstić information content (AvgIpc) is 2.36. The maximum atomic E-state index is 11.7. The topological polar surface area (TPSA) is 104 Å². The number of carboxylic acids is 2. The molecule has 0 saturated heterocycles. The van der Waals surface area contributed by atoms with Gasteiger partial charge in [-0.15, -0.1) is 0 Å². The molecule has 1 amide bonds. The van der Waals surface area contributed by atoms with Crippen LogP contribution in [0, 0.1) is 5.92 Å². The van der Waals surface area contributed by atoms with Crippen molar-refractivity contribution in [3.8, 4) is 0 Å². The Morgan fingerprint density at radius 2 is 1.74 bits per heavy atom. The molecule has 0 spiro atoms. The summed E-state index contributed by atoms with van der Waals surface area (Å²) in [7, 11) is 0. The largest absolute Gasteiger partial charge is 0.481 e. The van der Waals surface area contributed by atoms with E-state index in [0.29, 0.717) is 0 Å². The molecule has 1 rings (SSSR count). The number of carbonyl (C=O) groups excluding carboxylic acids is 1. The molecule has 0 saturated carbocycles. The number of carboxylic acid groups (broad SMARTS) is 2. The standard InChI is InChI=1S/C13H15NO5/c15-11(16)6-7-14-12(17)10(13(18)19)8-9-4-2-1-3-5-9/h1-5,10H,6-8H2,(H,14,17)(H,15,16)(H,18,19). The minimum atomic E-state index is -1.23. The summed E-state index contributed by atoms with van der Waals surface area (Å²) in [5.74, 6) is -4.15. The van der Waals surface area contributed by atoms with E-state index >= 15 is 0 Å². The van der Waals surface area contributed by atoms with Gasteiger partial charge in [0.05, 0.1) is 6.42 Å². The molecule has 3 N–H and O–H groups in total. The van der Waals surface area contributed by atoms with Gasteiger partial charge in [-0.05, 0) is 12.0 Å². The fourth-order valence-corrected chi connectivity index (χ4v) is 1.56. The lowest BCUT2D eigenvalue weighted by molar-refractivity contribution is -0.146. The van der Waals surface area contributed by atoms with Crippen molar-refractivity contribution in [2.24, 2.45) is 5.92 Å². The Labute approximate surface area is 110 Å². The normalized spacial score (nSPS) is 11.6. The van der Waals surface area contributed by atoms with Crippen LogP contribution in [0.15, 0.2) is 30.3 Å². The molecule has 1 atom stereocenters. The van der Waals surface area contributed by atoms with E-state index in [2.05, 4.69) is 5.32 Å². The second-order valence-corrected chi connectivity index (χ2v) is 4.02. The summed E-state index contributed by atoms with van der Waals surface area (Å²) in [5, 5.41) is 19.8. The molecule has 0 radical (unpaired) electrons. The number of amides is 1. The quantitative estimate of drug-likeness (QED) is 0.623. The molecule has 1 unspecified atom stereocenters. The Morgan fingerprint density at radius 3 is 2.26 bits per heavy atom. The molecular formula is C13H15NO5. The van der Waals surface area contributed by atoms with Crippen molar-refractivity contribution >= 4 is 17.8 Å². The van der Waals surface area contributed by atoms with Gasteiger partial charge in [0, 0.05) is 6.54 Å². The summed E-state index contributed by atoms with van der Waals surface area (Å²) >= 11 is 0. The monoisotopic (exact) mass is 265 g/mol. The number of hydrogen-bond acceptors (Lipinski definition) is 3. The van der Waals surface area contributed by atoms with Gasteiger partial charge in [0.15, 0.2) is 0 Å². The van der Waals surface area contributed by atoms with E-state index in [1.54, 1.807) is 30.3 Å². The van der Waals surface area contributed by atoms with E-state index in [4.69, 9.17) is 10.2 Å². The van der Waals surface area contributed by atoms with Gasteiger partial charge in [-0.1, -0.05) is 30.3 Å². The van der Waals surface area contributed by atoms with Crippen LogP contribution < -0.4 is 5.32 Å². The average molecular weight is 265 g/mol. The third-order valence-corrected chi connectivity index (χ3v) is 2.54. The summed E-state index contributed by atoms with van der Waals surface area (Å²) in [5.41, 5.74) is 0.739. The smallest absolute Gasteiger partial charge is 0.316 e. The highest BCUT2D eigenvalue weighted by Gasteiger charge is 2.26. The predicted octanol–water partition coefficient (Wildman–Crippen LogP) is 0.521. The van der Waals surface area contributed by atoms with Crippen LogP contribution in [0.2, 0.25) is 0 Å². The van der Waals surface area contributed by atoms with E-state index in [9.17, 15) is 14.4 Å². The van der Waals surface area contributed by atoms with Crippen LogP contribution >= 0.6 is 0 Å². The SMILES string of the molecule is O=C(O)CCNC(=O)C(Cc1ccccc1)C(=O)O. The molecule has 19 heavy (non-hydrogen) atoms. The third-order valence-electron chi connectivity index (χ3n) is 2.54. The Balaban J connectivity index is 2.59. The second kappa shape index (κ2) is 7.15. The van der Waals surface area contributed by atoms with Crippen molar-refractivity contribution in [2.75, 3.05) is 6.54 Å². The summed E-state index contributed by atoms with van der Waals surface area (Å²) in [6.07, 6.45) is -0.154. The van der Waals surface area contributed by atoms with Crippen LogP contribution in [-0.2, 0) is 20.8 Å². The molecule has 0 aromatic heterocycles. The highest BCUT2D eigenvalue weighted by molar-refractivity contribution is 5.97. The van der Waals surface area contributed by atoms with Gasteiger partial charge in [0.25, 0.3) is 0 Å². The fourth-order valence-electron chi connectivity index (χ4n) is 1.56. The molecule has 102 valence electrons. The van der Waals surface area contributed by atoms with Crippen molar-refractivity contribution in [2.45, 2.75) is 12.8 Å². The Kier molecular flexibility index (Phi) is 5.53. The van der Waals surface area contributed by atoms with Gasteiger partial charge < -0.3 is 15.5 Å². The summed E-state index contributed by atoms with van der Waals surface area (Å²) < 4.78 is 0. The van der Waals surface area contributed by atoms with Crippen LogP contribution in [0.3, 0.4) is 0 Å². The zero-order valence-corrected chi connectivity index (χ0v) is 10.2. The lowest BCUT2D eigenvalue weighted by Gasteiger charge is -2.12. The molecule has 1 aromatic carbocycles. The molecule has 6 heteroatoms. The lowest BCUT2D eigenvalue weighted by atomic mass is 9.98. The van der Waals surface area contributed by atoms with E-state index in [1.807, 2.05) is 0 Å². The van der Waals surface area contributed by atoms with Gasteiger partial charge in [-0.2, -0.15) is 0 Å². The van der Waals surface area contributed by atoms with E-state index < -0.39 is 23.8 Å². The van der Waals surface area contributed by atoms with E-state index in [0.717, 1.165) is 5.56 Å². The first-order valence-corrected chi connectivity index (χ1v) is 5.77. The first kappa shape index (κ1) is 14.7. The number of benzene rings is 1. The van der Waals surface area contributed by atoms with E-state index in [1.165, 1.54) is 0 Å². The Hall–Kier alpha value is -2.37. The molecule has 0 aliphatic carbocycles. The van der Waals surface area contributed by atoms with Gasteiger partial charge in [-0.25, -0.2) is 0 Å². The van der Waals surface area contributed by atoms with Gasteiger partial charge in [0.2, 0.25) is 5.91 Å². The molecule has 0 aliphatic heterocycles. The molecule has 0 heterocycles. The highest BCUT2D eigenvalue weighted by atomic mass is 16.4. The number of nitrogens with one attached hydrogen (secondary N) is 1. The van der Waals surface area contributed by atoms with Crippen LogP contribution in [0.25, 0.3) is 0 Å². The van der Waals surface area contributed by atoms with Crippen LogP contribution in [0.1, 0.15) is 12.0 Å². The minimum Gasteiger partial charge on any atom is -0.481 e. The second-order valence-electron chi connectivity index (χ2n) is 4.02. The van der Waals surface area contributed by atoms with E-state index in [-0.39, 0.29) is 19.4 Å². The van der Waals surface area contributed by atoms with Gasteiger partial charge >= 0.3 is 11.9 Å². The molecular weight excluding hydrogens is 250 g/mol. The number of rotatable bonds is 7. The van der Waals surface area contributed by atoms with Crippen molar-refractivity contribution < 1.29 is 24.6 Å². The van der Waals surface area contributed by atoms with Gasteiger partial charge in [0.1, 0.15) is 5.92 Å². The van der Waals surface area contributed by atoms with Crippen LogP contribution in [0.5, 0.6) is 0 Å². The first-order chi connectivity index (χ1) is 9.00. The zero-order valence-electron chi connectivity index (χ0n) is 10.2. The van der Waals surface area contributed by atoms with Crippen LogP contribution in [-0.4, -0.2) is 34.6 Å². The first-order valence-electron chi connectivity index (χ1n) is 5.77. The third kappa shape index (κ3) is 5.20. The maximum absolute atomic E-state index is 11.7. The number of hydrogen-bond donors (Lipinski definition) is 3. The molecule has 6 nitrogen and oxygen atoms in total. The van der Waals surface area contributed by atoms with Gasteiger partial charge in [-0.3, -0.25) is 14.4 Å². The van der Waals surface area contributed by atoms with Crippen LogP contribution in [0.4, 0.5) is 0 Å². The fraction of sp³-hybridized carbons (Fsp3) is 0.308. The highest BCUT2D eigenvalue weighted by Crippen LogP contribution is 2.09. The minimum absolute atomic E-state index is 0.0767. The Bertz CT molecular complexity index is 457. The summed E-state index contributed by atoms with van der Waals surface area (Å²) in [6.45, 7) is -0.0767. The van der Waals surface area contributed by atoms with Crippen molar-refractivity contribution in [1.82, 2.24) is 5.32 Å². The summed E-state index contributed by atoms with van der Waals surface area (Å²) in [6, 6.07) is 8.79. The Morgan fingerprint density at radius 1 is 1.11 bits per heavy atom. The van der Waals surface area contributed by atoms with Crippen molar-refractivity contribution in [1.29, 1.82) is 0 Å².